The van der Waals surface area contributed by atoms with Crippen LogP contribution in [0, 0.1) is 5.41 Å². The molecule has 3 rings (SSSR count). The quantitative estimate of drug-likeness (QED) is 0.506. The number of aldehydes is 1. The van der Waals surface area contributed by atoms with Crippen molar-refractivity contribution in [1.82, 2.24) is 14.8 Å². The number of ether oxygens (including phenoxy) is 1. The van der Waals surface area contributed by atoms with Crippen molar-refractivity contribution in [1.29, 1.82) is 0 Å². The molecule has 0 aliphatic carbocycles. The van der Waals surface area contributed by atoms with Gasteiger partial charge in [-0.2, -0.15) is 0 Å². The molecule has 2 aromatic carbocycles. The second kappa shape index (κ2) is 7.53. The molecular weight excluding hydrogens is 342 g/mol. The van der Waals surface area contributed by atoms with Crippen LogP contribution in [0.1, 0.15) is 31.1 Å². The van der Waals surface area contributed by atoms with Gasteiger partial charge in [-0.15, -0.1) is 5.10 Å². The fourth-order valence-corrected chi connectivity index (χ4v) is 2.42. The Balaban J connectivity index is 1.76. The number of benzene rings is 2. The molecular formula is C21H21N3O3. The summed E-state index contributed by atoms with van der Waals surface area (Å²) in [7, 11) is 0. The van der Waals surface area contributed by atoms with Crippen LogP contribution in [0.15, 0.2) is 54.9 Å². The summed E-state index contributed by atoms with van der Waals surface area (Å²) >= 11 is 0. The summed E-state index contributed by atoms with van der Waals surface area (Å²) in [5.74, 6) is 0.258. The van der Waals surface area contributed by atoms with Crippen LogP contribution < -0.4 is 0 Å². The van der Waals surface area contributed by atoms with Crippen LogP contribution in [-0.2, 0) is 16.3 Å². The first-order chi connectivity index (χ1) is 12.9. The van der Waals surface area contributed by atoms with E-state index in [4.69, 9.17) is 4.74 Å². The van der Waals surface area contributed by atoms with Crippen molar-refractivity contribution in [3.63, 3.8) is 0 Å². The van der Waals surface area contributed by atoms with Gasteiger partial charge in [0.05, 0.1) is 5.41 Å². The summed E-state index contributed by atoms with van der Waals surface area (Å²) in [6.45, 7) is 5.43. The van der Waals surface area contributed by atoms with E-state index in [1.165, 1.54) is 11.0 Å². The lowest BCUT2D eigenvalue weighted by Crippen LogP contribution is -2.24. The number of hydrogen-bond acceptors (Lipinski definition) is 5. The van der Waals surface area contributed by atoms with E-state index in [1.807, 2.05) is 36.4 Å². The number of esters is 1. The number of carbonyl (C=O) groups excluding carboxylic acids is 2. The van der Waals surface area contributed by atoms with Gasteiger partial charge in [-0.3, -0.25) is 9.59 Å². The van der Waals surface area contributed by atoms with Crippen molar-refractivity contribution in [2.75, 3.05) is 0 Å². The van der Waals surface area contributed by atoms with Crippen LogP contribution in [0.3, 0.4) is 0 Å². The first-order valence-electron chi connectivity index (χ1n) is 8.59. The SMILES string of the molecule is CC(C)(C)C(=O)OCn1cnc(-c2cccc(-c3ccc(C=O)cc3)c2)n1. The van der Waals surface area contributed by atoms with E-state index in [-0.39, 0.29) is 12.7 Å². The van der Waals surface area contributed by atoms with Crippen LogP contribution >= 0.6 is 0 Å². The molecule has 6 nitrogen and oxygen atoms in total. The molecule has 0 saturated heterocycles. The van der Waals surface area contributed by atoms with Gasteiger partial charge in [-0.05, 0) is 38.0 Å². The van der Waals surface area contributed by atoms with Crippen LogP contribution in [0.2, 0.25) is 0 Å². The second-order valence-corrected chi connectivity index (χ2v) is 7.24. The Kier molecular flexibility index (Phi) is 5.16. The fraction of sp³-hybridized carbons (Fsp3) is 0.238. The highest BCUT2D eigenvalue weighted by Crippen LogP contribution is 2.24. The minimum Gasteiger partial charge on any atom is -0.442 e. The number of rotatable bonds is 5. The molecule has 0 aliphatic heterocycles. The highest BCUT2D eigenvalue weighted by Gasteiger charge is 2.23. The standard InChI is InChI=1S/C21H21N3O3/c1-21(2,3)20(26)27-14-24-13-22-19(23-24)18-6-4-5-17(11-18)16-9-7-15(12-25)8-10-16/h4-13H,14H2,1-3H3. The molecule has 0 unspecified atom stereocenters. The summed E-state index contributed by atoms with van der Waals surface area (Å²) in [6, 6.07) is 15.2. The van der Waals surface area contributed by atoms with Gasteiger partial charge < -0.3 is 4.74 Å². The third-order valence-corrected chi connectivity index (χ3v) is 3.98. The van der Waals surface area contributed by atoms with Gasteiger partial charge in [0, 0.05) is 11.1 Å². The van der Waals surface area contributed by atoms with Gasteiger partial charge in [0.1, 0.15) is 12.6 Å². The van der Waals surface area contributed by atoms with E-state index < -0.39 is 5.41 Å². The average Bonchev–Trinajstić information content (AvgIpc) is 3.14. The Bertz CT molecular complexity index is 953. The van der Waals surface area contributed by atoms with Gasteiger partial charge in [0.15, 0.2) is 12.6 Å². The van der Waals surface area contributed by atoms with Crippen molar-refractivity contribution in [3.8, 4) is 22.5 Å². The normalized spacial score (nSPS) is 11.2. The van der Waals surface area contributed by atoms with Crippen LogP contribution in [0.4, 0.5) is 0 Å². The van der Waals surface area contributed by atoms with Gasteiger partial charge in [0.2, 0.25) is 0 Å². The molecule has 0 saturated carbocycles. The molecule has 0 radical (unpaired) electrons. The van der Waals surface area contributed by atoms with E-state index in [9.17, 15) is 9.59 Å². The highest BCUT2D eigenvalue weighted by molar-refractivity contribution is 5.77. The Labute approximate surface area is 157 Å². The van der Waals surface area contributed by atoms with Gasteiger partial charge in [0.25, 0.3) is 0 Å². The molecule has 27 heavy (non-hydrogen) atoms. The molecule has 1 aromatic heterocycles. The first kappa shape index (κ1) is 18.5. The lowest BCUT2D eigenvalue weighted by Gasteiger charge is -2.16. The zero-order chi connectivity index (χ0) is 19.4. The van der Waals surface area contributed by atoms with E-state index in [0.29, 0.717) is 11.4 Å². The molecule has 0 aliphatic rings. The van der Waals surface area contributed by atoms with Gasteiger partial charge >= 0.3 is 5.97 Å². The Morgan fingerprint density at radius 3 is 2.44 bits per heavy atom. The van der Waals surface area contributed by atoms with Crippen molar-refractivity contribution >= 4 is 12.3 Å². The molecule has 0 spiro atoms. The molecule has 138 valence electrons. The maximum Gasteiger partial charge on any atom is 0.313 e. The maximum absolute atomic E-state index is 11.9. The molecule has 0 fully saturated rings. The molecule has 0 bridgehead atoms. The average molecular weight is 363 g/mol. The molecule has 3 aromatic rings. The minimum atomic E-state index is -0.558. The molecule has 1 heterocycles. The molecule has 0 atom stereocenters. The van der Waals surface area contributed by atoms with Crippen molar-refractivity contribution in [2.45, 2.75) is 27.5 Å². The van der Waals surface area contributed by atoms with E-state index in [0.717, 1.165) is 23.0 Å². The van der Waals surface area contributed by atoms with Crippen molar-refractivity contribution in [2.24, 2.45) is 5.41 Å². The third-order valence-electron chi connectivity index (χ3n) is 3.98. The first-order valence-corrected chi connectivity index (χ1v) is 8.59. The molecule has 0 N–H and O–H groups in total. The Morgan fingerprint density at radius 1 is 1.07 bits per heavy atom. The van der Waals surface area contributed by atoms with Crippen LogP contribution in [0.25, 0.3) is 22.5 Å². The number of hydrogen-bond donors (Lipinski definition) is 0. The number of nitrogens with zero attached hydrogens (tertiary/aromatic N) is 3. The van der Waals surface area contributed by atoms with Crippen molar-refractivity contribution < 1.29 is 14.3 Å². The monoisotopic (exact) mass is 363 g/mol. The number of aromatic nitrogens is 3. The van der Waals surface area contributed by atoms with Crippen LogP contribution in [0.5, 0.6) is 0 Å². The summed E-state index contributed by atoms with van der Waals surface area (Å²) < 4.78 is 6.74. The van der Waals surface area contributed by atoms with Crippen molar-refractivity contribution in [3.05, 3.63) is 60.4 Å². The minimum absolute atomic E-state index is 0.0238. The Morgan fingerprint density at radius 2 is 1.78 bits per heavy atom. The predicted molar refractivity (Wildman–Crippen MR) is 102 cm³/mol. The topological polar surface area (TPSA) is 74.1 Å². The number of carbonyl (C=O) groups is 2. The molecule has 6 heteroatoms. The summed E-state index contributed by atoms with van der Waals surface area (Å²) in [5, 5.41) is 4.38. The fourth-order valence-electron chi connectivity index (χ4n) is 2.42. The lowest BCUT2D eigenvalue weighted by molar-refractivity contribution is -0.157. The zero-order valence-corrected chi connectivity index (χ0v) is 15.5. The summed E-state index contributed by atoms with van der Waals surface area (Å²) in [4.78, 5) is 27.0. The maximum atomic E-state index is 11.9. The largest absolute Gasteiger partial charge is 0.442 e. The van der Waals surface area contributed by atoms with Gasteiger partial charge in [-0.25, -0.2) is 9.67 Å². The van der Waals surface area contributed by atoms with Gasteiger partial charge in [-0.1, -0.05) is 42.5 Å². The van der Waals surface area contributed by atoms with Crippen LogP contribution in [-0.4, -0.2) is 27.0 Å². The third kappa shape index (κ3) is 4.47. The Hall–Kier alpha value is -3.28. The summed E-state index contributed by atoms with van der Waals surface area (Å²) in [5.41, 5.74) is 2.94. The van der Waals surface area contributed by atoms with E-state index in [1.54, 1.807) is 32.9 Å². The summed E-state index contributed by atoms with van der Waals surface area (Å²) in [6.07, 6.45) is 2.36. The smallest absolute Gasteiger partial charge is 0.313 e. The second-order valence-electron chi connectivity index (χ2n) is 7.24. The molecule has 0 amide bonds. The van der Waals surface area contributed by atoms with E-state index >= 15 is 0 Å². The predicted octanol–water partition coefficient (Wildman–Crippen LogP) is 3.97. The zero-order valence-electron chi connectivity index (χ0n) is 15.5. The lowest BCUT2D eigenvalue weighted by atomic mass is 9.98. The van der Waals surface area contributed by atoms with E-state index in [2.05, 4.69) is 10.1 Å². The highest BCUT2D eigenvalue weighted by atomic mass is 16.5.